The molecule has 0 saturated carbocycles. The largest absolute Gasteiger partial charge is 0.439 e. The molecule has 0 aliphatic carbocycles. The van der Waals surface area contributed by atoms with Gasteiger partial charge in [-0.1, -0.05) is 18.2 Å². The van der Waals surface area contributed by atoms with Crippen molar-refractivity contribution in [1.82, 2.24) is 19.7 Å². The Hall–Kier alpha value is -3.92. The fourth-order valence-electron chi connectivity index (χ4n) is 2.98. The van der Waals surface area contributed by atoms with E-state index >= 15 is 0 Å². The summed E-state index contributed by atoms with van der Waals surface area (Å²) in [5, 5.41) is 16.9. The Morgan fingerprint density at radius 2 is 1.64 bits per heavy atom. The van der Waals surface area contributed by atoms with Crippen LogP contribution in [-0.2, 0) is 11.8 Å². The van der Waals surface area contributed by atoms with Crippen LogP contribution >= 0.6 is 0 Å². The molecule has 0 bridgehead atoms. The molecule has 0 aliphatic rings. The van der Waals surface area contributed by atoms with E-state index in [0.717, 1.165) is 10.7 Å². The smallest absolute Gasteiger partial charge is 0.435 e. The van der Waals surface area contributed by atoms with Crippen LogP contribution in [0, 0.1) is 0 Å². The van der Waals surface area contributed by atoms with Crippen LogP contribution in [0.1, 0.15) is 25.2 Å². The Morgan fingerprint density at radius 1 is 0.909 bits per heavy atom. The Morgan fingerprint density at radius 3 is 2.33 bits per heavy atom. The molecule has 0 atom stereocenters. The van der Waals surface area contributed by atoms with Gasteiger partial charge in [-0.15, -0.1) is 0 Å². The minimum atomic E-state index is -4.62. The van der Waals surface area contributed by atoms with Gasteiger partial charge < -0.3 is 15.2 Å². The van der Waals surface area contributed by atoms with E-state index in [1.165, 1.54) is 12.3 Å². The van der Waals surface area contributed by atoms with Crippen LogP contribution < -0.4 is 10.1 Å². The molecule has 0 amide bonds. The van der Waals surface area contributed by atoms with Crippen LogP contribution in [0.15, 0.2) is 73.1 Å². The number of para-hydroxylation sites is 1. The summed E-state index contributed by atoms with van der Waals surface area (Å²) in [4.78, 5) is 8.37. The van der Waals surface area contributed by atoms with Crippen LogP contribution in [0.5, 0.6) is 11.6 Å². The summed E-state index contributed by atoms with van der Waals surface area (Å²) in [5.74, 6) is 0.552. The van der Waals surface area contributed by atoms with Crippen LogP contribution in [0.25, 0.3) is 5.69 Å². The molecule has 0 radical (unpaired) electrons. The maximum atomic E-state index is 13.3. The Labute approximate surface area is 187 Å². The van der Waals surface area contributed by atoms with Crippen LogP contribution in [-0.4, -0.2) is 24.9 Å². The van der Waals surface area contributed by atoms with Crippen molar-refractivity contribution in [2.45, 2.75) is 25.6 Å². The van der Waals surface area contributed by atoms with Crippen molar-refractivity contribution in [2.24, 2.45) is 0 Å². The van der Waals surface area contributed by atoms with Gasteiger partial charge in [0.25, 0.3) is 0 Å². The number of ether oxygens (including phenoxy) is 1. The summed E-state index contributed by atoms with van der Waals surface area (Å²) in [6.45, 7) is 3.24. The summed E-state index contributed by atoms with van der Waals surface area (Å²) in [5.41, 5.74) is -0.676. The van der Waals surface area contributed by atoms with Gasteiger partial charge in [0.1, 0.15) is 17.2 Å². The van der Waals surface area contributed by atoms with E-state index in [9.17, 15) is 18.3 Å². The number of anilines is 2. The quantitative estimate of drug-likeness (QED) is 0.403. The minimum Gasteiger partial charge on any atom is -0.439 e. The van der Waals surface area contributed by atoms with E-state index in [0.29, 0.717) is 22.9 Å². The number of aromatic nitrogens is 4. The first-order valence-electron chi connectivity index (χ1n) is 9.92. The predicted octanol–water partition coefficient (Wildman–Crippen LogP) is 5.44. The lowest BCUT2D eigenvalue weighted by molar-refractivity contribution is -0.141. The number of aliphatic hydroxyl groups is 1. The molecule has 0 unspecified atom stereocenters. The SMILES string of the molecule is CC(C)(O)c1cc(Nc2cc(Oc3cc(C(F)(F)F)nn3-c3ccccc3)ccn2)ccn1. The molecule has 3 aromatic heterocycles. The molecule has 2 N–H and O–H groups in total. The van der Waals surface area contributed by atoms with Crippen molar-refractivity contribution in [2.75, 3.05) is 5.32 Å². The summed E-state index contributed by atoms with van der Waals surface area (Å²) < 4.78 is 46.7. The molecule has 33 heavy (non-hydrogen) atoms. The molecule has 7 nitrogen and oxygen atoms in total. The number of halogens is 3. The zero-order valence-electron chi connectivity index (χ0n) is 17.7. The number of benzene rings is 1. The van der Waals surface area contributed by atoms with Crippen LogP contribution in [0.3, 0.4) is 0 Å². The van der Waals surface area contributed by atoms with E-state index < -0.39 is 17.5 Å². The Kier molecular flexibility index (Phi) is 5.77. The van der Waals surface area contributed by atoms with Crippen molar-refractivity contribution < 1.29 is 23.0 Å². The average molecular weight is 455 g/mol. The zero-order chi connectivity index (χ0) is 23.6. The van der Waals surface area contributed by atoms with Gasteiger partial charge in [0.15, 0.2) is 5.69 Å². The summed E-state index contributed by atoms with van der Waals surface area (Å²) >= 11 is 0. The second-order valence-electron chi connectivity index (χ2n) is 7.71. The van der Waals surface area contributed by atoms with Crippen molar-refractivity contribution in [1.29, 1.82) is 0 Å². The highest BCUT2D eigenvalue weighted by atomic mass is 19.4. The number of alkyl halides is 3. The van der Waals surface area contributed by atoms with Crippen molar-refractivity contribution in [3.05, 3.63) is 84.4 Å². The molecule has 4 rings (SSSR count). The van der Waals surface area contributed by atoms with Gasteiger partial charge in [0, 0.05) is 30.2 Å². The number of hydrogen-bond donors (Lipinski definition) is 2. The van der Waals surface area contributed by atoms with E-state index in [2.05, 4.69) is 20.4 Å². The molecule has 0 aliphatic heterocycles. The van der Waals surface area contributed by atoms with Gasteiger partial charge in [-0.05, 0) is 44.2 Å². The van der Waals surface area contributed by atoms with Gasteiger partial charge in [-0.25, -0.2) is 9.67 Å². The second-order valence-corrected chi connectivity index (χ2v) is 7.71. The number of hydrogen-bond acceptors (Lipinski definition) is 6. The lowest BCUT2D eigenvalue weighted by atomic mass is 10.0. The van der Waals surface area contributed by atoms with Crippen LogP contribution in [0.2, 0.25) is 0 Å². The third-order valence-corrected chi connectivity index (χ3v) is 4.58. The lowest BCUT2D eigenvalue weighted by Crippen LogP contribution is -2.17. The summed E-state index contributed by atoms with van der Waals surface area (Å²) in [6, 6.07) is 15.7. The molecule has 170 valence electrons. The molecule has 0 fully saturated rings. The molecule has 1 aromatic carbocycles. The number of nitrogens with zero attached hydrogens (tertiary/aromatic N) is 4. The third kappa shape index (κ3) is 5.29. The molecule has 10 heteroatoms. The minimum absolute atomic E-state index is 0.0982. The van der Waals surface area contributed by atoms with E-state index in [-0.39, 0.29) is 11.6 Å². The topological polar surface area (TPSA) is 85.1 Å². The molecular formula is C23H20F3N5O2. The first-order chi connectivity index (χ1) is 15.6. The van der Waals surface area contributed by atoms with Crippen molar-refractivity contribution in [3.63, 3.8) is 0 Å². The van der Waals surface area contributed by atoms with Gasteiger partial charge in [-0.3, -0.25) is 4.98 Å². The van der Waals surface area contributed by atoms with Gasteiger partial charge in [-0.2, -0.15) is 18.3 Å². The third-order valence-electron chi connectivity index (χ3n) is 4.58. The molecule has 3 heterocycles. The van der Waals surface area contributed by atoms with E-state index in [4.69, 9.17) is 4.74 Å². The second kappa shape index (κ2) is 8.55. The van der Waals surface area contributed by atoms with E-state index in [1.807, 2.05) is 0 Å². The summed E-state index contributed by atoms with van der Waals surface area (Å²) in [6.07, 6.45) is -1.61. The predicted molar refractivity (Wildman–Crippen MR) is 116 cm³/mol. The maximum absolute atomic E-state index is 13.3. The normalized spacial score (nSPS) is 11.9. The fraction of sp³-hybridized carbons (Fsp3) is 0.174. The number of pyridine rings is 2. The number of rotatable bonds is 6. The highest BCUT2D eigenvalue weighted by Gasteiger charge is 2.35. The van der Waals surface area contributed by atoms with Crippen molar-refractivity contribution >= 4 is 11.5 Å². The average Bonchev–Trinajstić information content (AvgIpc) is 3.19. The van der Waals surface area contributed by atoms with Gasteiger partial charge >= 0.3 is 6.18 Å². The lowest BCUT2D eigenvalue weighted by Gasteiger charge is -2.17. The standard InChI is InChI=1S/C23H20F3N5O2/c1-22(2,32)18-12-15(8-10-27-18)29-20-13-17(9-11-28-20)33-21-14-19(23(24,25)26)30-31(21)16-6-4-3-5-7-16/h3-14,32H,1-2H3,(H,27,28,29). The molecule has 0 spiro atoms. The van der Waals surface area contributed by atoms with E-state index in [1.54, 1.807) is 68.6 Å². The Bertz CT molecular complexity index is 1250. The van der Waals surface area contributed by atoms with Gasteiger partial charge in [0.05, 0.1) is 11.4 Å². The summed E-state index contributed by atoms with van der Waals surface area (Å²) in [7, 11) is 0. The zero-order valence-corrected chi connectivity index (χ0v) is 17.7. The fourth-order valence-corrected chi connectivity index (χ4v) is 2.98. The Balaban J connectivity index is 1.62. The molecule has 0 saturated heterocycles. The first kappa shape index (κ1) is 22.3. The molecule has 4 aromatic rings. The van der Waals surface area contributed by atoms with Crippen molar-refractivity contribution in [3.8, 4) is 17.3 Å². The highest BCUT2D eigenvalue weighted by molar-refractivity contribution is 5.57. The van der Waals surface area contributed by atoms with Crippen LogP contribution in [0.4, 0.5) is 24.7 Å². The first-order valence-corrected chi connectivity index (χ1v) is 9.92. The number of nitrogens with one attached hydrogen (secondary N) is 1. The molecular weight excluding hydrogens is 435 g/mol. The van der Waals surface area contributed by atoms with Gasteiger partial charge in [0.2, 0.25) is 5.88 Å². The monoisotopic (exact) mass is 455 g/mol. The maximum Gasteiger partial charge on any atom is 0.435 e. The highest BCUT2D eigenvalue weighted by Crippen LogP contribution is 2.34.